The quantitative estimate of drug-likeness (QED) is 0.759. The van der Waals surface area contributed by atoms with Gasteiger partial charge in [0.25, 0.3) is 0 Å². The van der Waals surface area contributed by atoms with E-state index >= 15 is 0 Å². The largest absolute Gasteiger partial charge is 0.389 e. The Bertz CT molecular complexity index is 184. The smallest absolute Gasteiger partial charge is 0.313 e. The summed E-state index contributed by atoms with van der Waals surface area (Å²) in [5.74, 6) is 1.18. The van der Waals surface area contributed by atoms with Crippen LogP contribution in [0.5, 0.6) is 0 Å². The molecule has 2 atom stereocenters. The Hall–Kier alpha value is 0.100. The average molecular weight is 241 g/mol. The summed E-state index contributed by atoms with van der Waals surface area (Å²) in [5, 5.41) is 3.76. The van der Waals surface area contributed by atoms with Crippen molar-refractivity contribution in [2.24, 2.45) is 0 Å². The first-order valence-electron chi connectivity index (χ1n) is 5.41. The van der Waals surface area contributed by atoms with Crippen LogP contribution in [0.2, 0.25) is 0 Å². The van der Waals surface area contributed by atoms with Crippen molar-refractivity contribution in [1.29, 1.82) is 0 Å². The molecule has 0 radical (unpaired) electrons. The molecule has 1 aliphatic rings. The van der Waals surface area contributed by atoms with Gasteiger partial charge in [0.2, 0.25) is 0 Å². The second kappa shape index (κ2) is 5.99. The third-order valence-electron chi connectivity index (χ3n) is 2.65. The van der Waals surface area contributed by atoms with Gasteiger partial charge < -0.3 is 5.32 Å². The molecular formula is C10H18F3NS. The lowest BCUT2D eigenvalue weighted by molar-refractivity contribution is -0.135. The predicted octanol–water partition coefficient (Wildman–Crippen LogP) is 3.20. The van der Waals surface area contributed by atoms with Crippen LogP contribution in [0.4, 0.5) is 13.2 Å². The summed E-state index contributed by atoms with van der Waals surface area (Å²) in [5.41, 5.74) is 0. The molecular weight excluding hydrogens is 223 g/mol. The number of nitrogens with one attached hydrogen (secondary N) is 1. The zero-order valence-electron chi connectivity index (χ0n) is 8.94. The van der Waals surface area contributed by atoms with Gasteiger partial charge in [-0.3, -0.25) is 0 Å². The molecule has 0 spiro atoms. The Kier molecular flexibility index (Phi) is 5.26. The fourth-order valence-corrected chi connectivity index (χ4v) is 2.94. The first-order chi connectivity index (χ1) is 6.99. The van der Waals surface area contributed by atoms with E-state index in [0.29, 0.717) is 17.8 Å². The first kappa shape index (κ1) is 13.2. The maximum Gasteiger partial charge on any atom is 0.389 e. The fourth-order valence-electron chi connectivity index (χ4n) is 1.77. The van der Waals surface area contributed by atoms with E-state index in [4.69, 9.17) is 0 Å². The third-order valence-corrected chi connectivity index (χ3v) is 4.03. The van der Waals surface area contributed by atoms with Crippen LogP contribution in [0, 0.1) is 0 Å². The number of halogens is 3. The van der Waals surface area contributed by atoms with Crippen LogP contribution in [0.3, 0.4) is 0 Å². The van der Waals surface area contributed by atoms with Crippen LogP contribution < -0.4 is 5.32 Å². The van der Waals surface area contributed by atoms with Crippen molar-refractivity contribution in [2.45, 2.75) is 50.1 Å². The van der Waals surface area contributed by atoms with Gasteiger partial charge in [-0.25, -0.2) is 0 Å². The number of hydrogen-bond donors (Lipinski definition) is 1. The summed E-state index contributed by atoms with van der Waals surface area (Å²) in [7, 11) is 0. The molecule has 0 aromatic rings. The number of hydrogen-bond acceptors (Lipinski definition) is 2. The highest BCUT2D eigenvalue weighted by molar-refractivity contribution is 7.99. The summed E-state index contributed by atoms with van der Waals surface area (Å²) >= 11 is 1.91. The number of thioether (sulfide) groups is 1. The maximum absolute atomic E-state index is 11.9. The van der Waals surface area contributed by atoms with Gasteiger partial charge in [-0.15, -0.1) is 0 Å². The monoisotopic (exact) mass is 241 g/mol. The highest BCUT2D eigenvalue weighted by Gasteiger charge is 2.26. The van der Waals surface area contributed by atoms with Crippen LogP contribution in [0.15, 0.2) is 0 Å². The second-order valence-corrected chi connectivity index (χ2v) is 5.48. The van der Waals surface area contributed by atoms with Gasteiger partial charge in [0.05, 0.1) is 0 Å². The van der Waals surface area contributed by atoms with Gasteiger partial charge in [-0.05, 0) is 31.6 Å². The van der Waals surface area contributed by atoms with E-state index in [1.54, 1.807) is 0 Å². The number of alkyl halides is 3. The van der Waals surface area contributed by atoms with E-state index < -0.39 is 12.6 Å². The summed E-state index contributed by atoms with van der Waals surface area (Å²) in [6.07, 6.45) is -2.22. The highest BCUT2D eigenvalue weighted by atomic mass is 32.2. The second-order valence-electron chi connectivity index (χ2n) is 4.00. The molecule has 5 heteroatoms. The van der Waals surface area contributed by atoms with E-state index in [-0.39, 0.29) is 6.42 Å². The molecule has 2 unspecified atom stereocenters. The Morgan fingerprint density at radius 3 is 2.73 bits per heavy atom. The summed E-state index contributed by atoms with van der Waals surface area (Å²) in [6.45, 7) is 2.63. The lowest BCUT2D eigenvalue weighted by atomic mass is 10.1. The molecule has 0 aliphatic carbocycles. The molecule has 0 bridgehead atoms. The molecule has 1 heterocycles. The third kappa shape index (κ3) is 5.66. The number of rotatable bonds is 4. The minimum absolute atomic E-state index is 0.192. The first-order valence-corrected chi connectivity index (χ1v) is 6.45. The van der Waals surface area contributed by atoms with Crippen LogP contribution >= 0.6 is 11.8 Å². The molecule has 0 aromatic carbocycles. The van der Waals surface area contributed by atoms with E-state index in [0.717, 1.165) is 6.42 Å². The highest BCUT2D eigenvalue weighted by Crippen LogP contribution is 2.25. The average Bonchev–Trinajstić information content (AvgIpc) is 2.13. The Morgan fingerprint density at radius 1 is 1.40 bits per heavy atom. The standard InChI is InChI=1S/C10H18F3NS/c1-8-9(4-2-7-15-8)14-6-3-5-10(11,12)13/h8-9,14H,2-7H2,1H3. The molecule has 1 nitrogen and oxygen atoms in total. The maximum atomic E-state index is 11.9. The van der Waals surface area contributed by atoms with Crippen molar-refractivity contribution in [3.05, 3.63) is 0 Å². The molecule has 90 valence electrons. The lowest BCUT2D eigenvalue weighted by Gasteiger charge is -2.29. The Balaban J connectivity index is 2.08. The van der Waals surface area contributed by atoms with E-state index in [9.17, 15) is 13.2 Å². The summed E-state index contributed by atoms with van der Waals surface area (Å²) < 4.78 is 35.6. The SMILES string of the molecule is CC1SCCCC1NCCCC(F)(F)F. The molecule has 1 N–H and O–H groups in total. The van der Waals surface area contributed by atoms with Gasteiger partial charge in [0.15, 0.2) is 0 Å². The van der Waals surface area contributed by atoms with Crippen LogP contribution in [0.1, 0.15) is 32.6 Å². The minimum Gasteiger partial charge on any atom is -0.313 e. The fraction of sp³-hybridized carbons (Fsp3) is 1.00. The van der Waals surface area contributed by atoms with E-state index in [1.165, 1.54) is 12.2 Å². The van der Waals surface area contributed by atoms with Gasteiger partial charge in [-0.1, -0.05) is 6.92 Å². The van der Waals surface area contributed by atoms with Crippen molar-refractivity contribution < 1.29 is 13.2 Å². The molecule has 1 fully saturated rings. The lowest BCUT2D eigenvalue weighted by Crippen LogP contribution is -2.39. The molecule has 0 saturated carbocycles. The molecule has 1 saturated heterocycles. The van der Waals surface area contributed by atoms with E-state index in [2.05, 4.69) is 12.2 Å². The van der Waals surface area contributed by atoms with Gasteiger partial charge in [0, 0.05) is 17.7 Å². The van der Waals surface area contributed by atoms with Gasteiger partial charge in [0.1, 0.15) is 0 Å². The van der Waals surface area contributed by atoms with Crippen LogP contribution in [-0.4, -0.2) is 29.8 Å². The van der Waals surface area contributed by atoms with Gasteiger partial charge >= 0.3 is 6.18 Å². The van der Waals surface area contributed by atoms with Crippen molar-refractivity contribution in [3.63, 3.8) is 0 Å². The molecule has 0 aromatic heterocycles. The van der Waals surface area contributed by atoms with Crippen molar-refractivity contribution >= 4 is 11.8 Å². The van der Waals surface area contributed by atoms with Crippen LogP contribution in [-0.2, 0) is 0 Å². The van der Waals surface area contributed by atoms with Crippen molar-refractivity contribution in [2.75, 3.05) is 12.3 Å². The van der Waals surface area contributed by atoms with E-state index in [1.807, 2.05) is 11.8 Å². The summed E-state index contributed by atoms with van der Waals surface area (Å²) in [6, 6.07) is 0.400. The molecule has 1 rings (SSSR count). The summed E-state index contributed by atoms with van der Waals surface area (Å²) in [4.78, 5) is 0. The molecule has 0 amide bonds. The van der Waals surface area contributed by atoms with Crippen molar-refractivity contribution in [1.82, 2.24) is 5.32 Å². The molecule has 15 heavy (non-hydrogen) atoms. The predicted molar refractivity (Wildman–Crippen MR) is 58.2 cm³/mol. The molecule has 1 aliphatic heterocycles. The zero-order valence-corrected chi connectivity index (χ0v) is 9.76. The minimum atomic E-state index is -4.01. The van der Waals surface area contributed by atoms with Crippen LogP contribution in [0.25, 0.3) is 0 Å². The Morgan fingerprint density at radius 2 is 2.13 bits per heavy atom. The van der Waals surface area contributed by atoms with Gasteiger partial charge in [-0.2, -0.15) is 24.9 Å². The normalized spacial score (nSPS) is 28.0. The van der Waals surface area contributed by atoms with Crippen molar-refractivity contribution in [3.8, 4) is 0 Å². The topological polar surface area (TPSA) is 12.0 Å². The Labute approximate surface area is 93.2 Å². The zero-order chi connectivity index (χ0) is 11.3.